The molecule has 0 radical (unpaired) electrons. The van der Waals surface area contributed by atoms with E-state index in [0.29, 0.717) is 35.3 Å². The van der Waals surface area contributed by atoms with E-state index in [1.165, 1.54) is 44.9 Å². The van der Waals surface area contributed by atoms with Crippen LogP contribution in [-0.2, 0) is 14.3 Å². The van der Waals surface area contributed by atoms with Gasteiger partial charge in [0.05, 0.1) is 0 Å². The first-order valence-corrected chi connectivity index (χ1v) is 14.7. The van der Waals surface area contributed by atoms with E-state index in [1.807, 2.05) is 20.8 Å². The minimum Gasteiger partial charge on any atom is -0.463 e. The normalized spacial score (nSPS) is 40.9. The van der Waals surface area contributed by atoms with Gasteiger partial charge in [0, 0.05) is 26.1 Å². The lowest BCUT2D eigenvalue weighted by molar-refractivity contribution is -0.160. The molecule has 4 aliphatic carbocycles. The summed E-state index contributed by atoms with van der Waals surface area (Å²) in [5.41, 5.74) is 0.357. The maximum atomic E-state index is 11.9. The van der Waals surface area contributed by atoms with E-state index in [2.05, 4.69) is 31.4 Å². The van der Waals surface area contributed by atoms with Crippen molar-refractivity contribution in [2.45, 2.75) is 124 Å². The van der Waals surface area contributed by atoms with Crippen LogP contribution in [-0.4, -0.2) is 42.9 Å². The van der Waals surface area contributed by atoms with Crippen LogP contribution in [0.25, 0.3) is 0 Å². The first-order chi connectivity index (χ1) is 16.8. The van der Waals surface area contributed by atoms with Crippen LogP contribution in [0, 0.1) is 40.4 Å². The van der Waals surface area contributed by atoms with E-state index < -0.39 is 5.60 Å². The summed E-state index contributed by atoms with van der Waals surface area (Å²) in [7, 11) is 0. The van der Waals surface area contributed by atoms with Crippen LogP contribution in [0.4, 0.5) is 4.79 Å². The minimum atomic E-state index is -0.463. The van der Waals surface area contributed by atoms with Crippen LogP contribution < -0.4 is 10.6 Å². The summed E-state index contributed by atoms with van der Waals surface area (Å²) in [4.78, 5) is 23.5. The fourth-order valence-electron chi connectivity index (χ4n) is 9.34. The smallest absolute Gasteiger partial charge is 0.407 e. The summed E-state index contributed by atoms with van der Waals surface area (Å²) in [5, 5.41) is 6.62. The van der Waals surface area contributed by atoms with Gasteiger partial charge in [-0.3, -0.25) is 4.79 Å². The summed E-state index contributed by atoms with van der Waals surface area (Å²) in [5.74, 6) is 3.78. The molecule has 6 heteroatoms. The molecule has 9 unspecified atom stereocenters. The second-order valence-electron chi connectivity index (χ2n) is 14.1. The molecule has 9 atom stereocenters. The highest BCUT2D eigenvalue weighted by Gasteiger charge is 2.60. The van der Waals surface area contributed by atoms with Gasteiger partial charge >= 0.3 is 12.1 Å². The molecule has 0 aromatic carbocycles. The Morgan fingerprint density at radius 1 is 0.944 bits per heavy atom. The molecule has 0 heterocycles. The van der Waals surface area contributed by atoms with Gasteiger partial charge in [0.25, 0.3) is 0 Å². The lowest BCUT2D eigenvalue weighted by atomic mass is 9.44. The summed E-state index contributed by atoms with van der Waals surface area (Å²) in [6.07, 6.45) is 11.1. The Balaban J connectivity index is 1.32. The highest BCUT2D eigenvalue weighted by Crippen LogP contribution is 2.67. The third-order valence-corrected chi connectivity index (χ3v) is 10.9. The van der Waals surface area contributed by atoms with Crippen molar-refractivity contribution in [3.63, 3.8) is 0 Å². The first-order valence-electron chi connectivity index (χ1n) is 14.7. The first kappa shape index (κ1) is 27.7. The summed E-state index contributed by atoms with van der Waals surface area (Å²) in [6, 6.07) is 0.447. The van der Waals surface area contributed by atoms with Crippen LogP contribution >= 0.6 is 0 Å². The van der Waals surface area contributed by atoms with E-state index in [-0.39, 0.29) is 18.2 Å². The topological polar surface area (TPSA) is 76.7 Å². The maximum Gasteiger partial charge on any atom is 0.407 e. The number of esters is 1. The van der Waals surface area contributed by atoms with Gasteiger partial charge in [0.15, 0.2) is 0 Å². The Morgan fingerprint density at radius 3 is 2.33 bits per heavy atom. The quantitative estimate of drug-likeness (QED) is 0.339. The molecule has 1 amide bonds. The molecular weight excluding hydrogens is 452 g/mol. The summed E-state index contributed by atoms with van der Waals surface area (Å²) in [6.45, 7) is 16.1. The number of hydrogen-bond acceptors (Lipinski definition) is 5. The van der Waals surface area contributed by atoms with Crippen molar-refractivity contribution in [3.8, 4) is 0 Å². The highest BCUT2D eigenvalue weighted by molar-refractivity contribution is 5.67. The molecule has 0 aromatic rings. The number of ether oxygens (including phenoxy) is 2. The number of fused-ring (bicyclic) bond motifs is 5. The van der Waals surface area contributed by atoms with Crippen molar-refractivity contribution in [3.05, 3.63) is 0 Å². The van der Waals surface area contributed by atoms with E-state index in [0.717, 1.165) is 37.1 Å². The largest absolute Gasteiger partial charge is 0.463 e. The molecule has 0 bridgehead atoms. The van der Waals surface area contributed by atoms with E-state index in [1.54, 1.807) is 6.92 Å². The number of carbonyl (C=O) groups excluding carboxylic acids is 2. The number of hydrogen-bond donors (Lipinski definition) is 2. The van der Waals surface area contributed by atoms with E-state index in [9.17, 15) is 9.59 Å². The second kappa shape index (κ2) is 10.5. The molecule has 2 N–H and O–H groups in total. The number of alkyl carbamates (subject to hydrolysis) is 1. The SMILES string of the molecule is CC(=O)OC1CCC2(C)C(CCC3C2CCC2(C)C(C(C)NCCNC(=O)OC(C)(C)C)CCC32)C1. The Labute approximate surface area is 219 Å². The van der Waals surface area contributed by atoms with Crippen molar-refractivity contribution in [2.75, 3.05) is 13.1 Å². The van der Waals surface area contributed by atoms with Gasteiger partial charge in [-0.2, -0.15) is 0 Å². The lowest BCUT2D eigenvalue weighted by Gasteiger charge is -2.61. The van der Waals surface area contributed by atoms with Gasteiger partial charge in [-0.15, -0.1) is 0 Å². The highest BCUT2D eigenvalue weighted by atomic mass is 16.6. The van der Waals surface area contributed by atoms with Gasteiger partial charge in [0.2, 0.25) is 0 Å². The van der Waals surface area contributed by atoms with Gasteiger partial charge < -0.3 is 20.1 Å². The molecule has 4 aliphatic rings. The molecule has 36 heavy (non-hydrogen) atoms. The fourth-order valence-corrected chi connectivity index (χ4v) is 9.34. The van der Waals surface area contributed by atoms with Gasteiger partial charge in [-0.05, 0) is 126 Å². The zero-order chi connectivity index (χ0) is 26.3. The molecule has 0 aromatic heterocycles. The standard InChI is InChI=1S/C30H52N2O4/c1-19(31-16-17-32-27(34)36-28(3,4)5)24-10-11-25-23-9-8-21-18-22(35-20(2)33)12-14-29(21,6)26(23)13-15-30(24,25)7/h19,21-26,31H,8-18H2,1-7H3,(H,32,34). The second-order valence-corrected chi connectivity index (χ2v) is 14.1. The Morgan fingerprint density at radius 2 is 1.64 bits per heavy atom. The predicted octanol–water partition coefficient (Wildman–Crippen LogP) is 6.08. The van der Waals surface area contributed by atoms with Crippen molar-refractivity contribution in [1.29, 1.82) is 0 Å². The molecule has 206 valence electrons. The molecule has 0 spiro atoms. The van der Waals surface area contributed by atoms with Crippen molar-refractivity contribution < 1.29 is 19.1 Å². The van der Waals surface area contributed by atoms with E-state index >= 15 is 0 Å². The number of carbonyl (C=O) groups is 2. The molecular formula is C30H52N2O4. The van der Waals surface area contributed by atoms with Crippen molar-refractivity contribution in [1.82, 2.24) is 10.6 Å². The zero-order valence-electron chi connectivity index (χ0n) is 24.0. The number of rotatable bonds is 6. The number of amides is 1. The lowest BCUT2D eigenvalue weighted by Crippen LogP contribution is -2.55. The zero-order valence-corrected chi connectivity index (χ0v) is 24.0. The molecule has 0 aliphatic heterocycles. The van der Waals surface area contributed by atoms with Crippen LogP contribution in [0.1, 0.15) is 106 Å². The molecule has 4 saturated carbocycles. The van der Waals surface area contributed by atoms with Gasteiger partial charge in [-0.25, -0.2) is 4.79 Å². The molecule has 4 fully saturated rings. The van der Waals surface area contributed by atoms with Gasteiger partial charge in [-0.1, -0.05) is 13.8 Å². The molecule has 6 nitrogen and oxygen atoms in total. The summed E-state index contributed by atoms with van der Waals surface area (Å²) < 4.78 is 11.0. The number of nitrogens with one attached hydrogen (secondary N) is 2. The molecule has 0 saturated heterocycles. The minimum absolute atomic E-state index is 0.119. The van der Waals surface area contributed by atoms with Crippen LogP contribution in [0.2, 0.25) is 0 Å². The summed E-state index contributed by atoms with van der Waals surface area (Å²) >= 11 is 0. The van der Waals surface area contributed by atoms with Crippen LogP contribution in [0.15, 0.2) is 0 Å². The molecule has 4 rings (SSSR count). The Kier molecular flexibility index (Phi) is 8.05. The third kappa shape index (κ3) is 5.59. The average molecular weight is 505 g/mol. The average Bonchev–Trinajstić information content (AvgIpc) is 3.12. The van der Waals surface area contributed by atoms with Crippen molar-refractivity contribution in [2.24, 2.45) is 40.4 Å². The fraction of sp³-hybridized carbons (Fsp3) is 0.933. The van der Waals surface area contributed by atoms with E-state index in [4.69, 9.17) is 9.47 Å². The van der Waals surface area contributed by atoms with Crippen LogP contribution in [0.3, 0.4) is 0 Å². The maximum absolute atomic E-state index is 11.9. The van der Waals surface area contributed by atoms with Gasteiger partial charge in [0.1, 0.15) is 11.7 Å². The Hall–Kier alpha value is -1.30. The van der Waals surface area contributed by atoms with Crippen LogP contribution in [0.5, 0.6) is 0 Å². The predicted molar refractivity (Wildman–Crippen MR) is 142 cm³/mol. The third-order valence-electron chi connectivity index (χ3n) is 10.9. The Bertz CT molecular complexity index is 809. The monoisotopic (exact) mass is 504 g/mol. The van der Waals surface area contributed by atoms with Crippen molar-refractivity contribution >= 4 is 12.1 Å².